The first-order valence-electron chi connectivity index (χ1n) is 6.52. The van der Waals surface area contributed by atoms with Gasteiger partial charge in [-0.25, -0.2) is 14.8 Å². The van der Waals surface area contributed by atoms with Gasteiger partial charge in [0.15, 0.2) is 0 Å². The summed E-state index contributed by atoms with van der Waals surface area (Å²) in [6, 6.07) is 4.19. The molecule has 0 fully saturated rings. The van der Waals surface area contributed by atoms with Gasteiger partial charge in [-0.2, -0.15) is 0 Å². The predicted octanol–water partition coefficient (Wildman–Crippen LogP) is 2.81. The van der Waals surface area contributed by atoms with Crippen molar-refractivity contribution in [1.29, 1.82) is 0 Å². The normalized spacial score (nSPS) is 17.4. The molecule has 1 aliphatic rings. The van der Waals surface area contributed by atoms with Gasteiger partial charge in [-0.1, -0.05) is 0 Å². The predicted molar refractivity (Wildman–Crippen MR) is 77.0 cm³/mol. The Balaban J connectivity index is 1.81. The quantitative estimate of drug-likeness (QED) is 0.880. The Morgan fingerprint density at radius 3 is 3.25 bits per heavy atom. The molecule has 20 heavy (non-hydrogen) atoms. The van der Waals surface area contributed by atoms with Crippen molar-refractivity contribution in [2.45, 2.75) is 25.3 Å². The first kappa shape index (κ1) is 13.1. The molecule has 0 amide bonds. The van der Waals surface area contributed by atoms with E-state index in [9.17, 15) is 4.79 Å². The lowest BCUT2D eigenvalue weighted by Crippen LogP contribution is -2.17. The van der Waals surface area contributed by atoms with Crippen LogP contribution in [0.4, 0.5) is 5.82 Å². The zero-order valence-electron chi connectivity index (χ0n) is 11.1. The summed E-state index contributed by atoms with van der Waals surface area (Å²) in [6.07, 6.45) is 4.96. The number of carbonyl (C=O) groups excluding carboxylic acids is 1. The lowest BCUT2D eigenvalue weighted by molar-refractivity contribution is 0.0587. The number of hydrogen-bond acceptors (Lipinski definition) is 6. The number of anilines is 1. The van der Waals surface area contributed by atoms with Crippen molar-refractivity contribution in [3.8, 4) is 0 Å². The summed E-state index contributed by atoms with van der Waals surface area (Å²) >= 11 is 1.80. The van der Waals surface area contributed by atoms with Crippen LogP contribution >= 0.6 is 11.3 Å². The molecule has 0 aromatic carbocycles. The average Bonchev–Trinajstić information content (AvgIpc) is 2.96. The summed E-state index contributed by atoms with van der Waals surface area (Å²) in [5, 5.41) is 5.52. The topological polar surface area (TPSA) is 64.1 Å². The number of nitrogens with one attached hydrogen (secondary N) is 1. The molecule has 0 radical (unpaired) electrons. The Labute approximate surface area is 121 Å². The fourth-order valence-electron chi connectivity index (χ4n) is 2.44. The minimum Gasteiger partial charge on any atom is -0.463 e. The van der Waals surface area contributed by atoms with Crippen LogP contribution in [0, 0.1) is 0 Å². The zero-order valence-corrected chi connectivity index (χ0v) is 11.9. The second-order valence-electron chi connectivity index (χ2n) is 4.65. The van der Waals surface area contributed by atoms with Crippen molar-refractivity contribution >= 4 is 23.1 Å². The number of thiophene rings is 1. The van der Waals surface area contributed by atoms with Crippen LogP contribution in [0.5, 0.6) is 0 Å². The SMILES string of the molecule is COC(=O)c1nccc(NC2CCCc3sccc32)n1. The molecule has 0 saturated carbocycles. The molecular formula is C14H15N3O2S. The van der Waals surface area contributed by atoms with E-state index in [1.54, 1.807) is 23.6 Å². The number of fused-ring (bicyclic) bond motifs is 1. The Morgan fingerprint density at radius 2 is 2.40 bits per heavy atom. The molecule has 5 nitrogen and oxygen atoms in total. The molecule has 1 unspecified atom stereocenters. The maximum atomic E-state index is 11.4. The Bertz CT molecular complexity index is 626. The molecule has 0 spiro atoms. The minimum absolute atomic E-state index is 0.0823. The second kappa shape index (κ2) is 5.58. The van der Waals surface area contributed by atoms with E-state index in [4.69, 9.17) is 0 Å². The summed E-state index contributed by atoms with van der Waals surface area (Å²) in [5.41, 5.74) is 1.35. The molecule has 2 heterocycles. The van der Waals surface area contributed by atoms with Crippen LogP contribution in [0.3, 0.4) is 0 Å². The summed E-state index contributed by atoms with van der Waals surface area (Å²) in [4.78, 5) is 21.0. The van der Waals surface area contributed by atoms with Gasteiger partial charge in [0.2, 0.25) is 5.82 Å². The molecule has 1 N–H and O–H groups in total. The molecule has 1 atom stereocenters. The molecular weight excluding hydrogens is 274 g/mol. The number of carbonyl (C=O) groups is 1. The van der Waals surface area contributed by atoms with Crippen LogP contribution in [0.25, 0.3) is 0 Å². The van der Waals surface area contributed by atoms with Crippen molar-refractivity contribution in [1.82, 2.24) is 9.97 Å². The van der Waals surface area contributed by atoms with Gasteiger partial charge < -0.3 is 10.1 Å². The molecule has 1 aliphatic carbocycles. The van der Waals surface area contributed by atoms with E-state index < -0.39 is 5.97 Å². The third kappa shape index (κ3) is 2.51. The van der Waals surface area contributed by atoms with E-state index in [2.05, 4.69) is 31.5 Å². The van der Waals surface area contributed by atoms with Gasteiger partial charge in [0.05, 0.1) is 13.2 Å². The smallest absolute Gasteiger partial charge is 0.376 e. The van der Waals surface area contributed by atoms with Crippen molar-refractivity contribution in [2.75, 3.05) is 12.4 Å². The first-order chi connectivity index (χ1) is 9.78. The maximum Gasteiger partial charge on any atom is 0.376 e. The molecule has 0 saturated heterocycles. The van der Waals surface area contributed by atoms with Gasteiger partial charge in [0.1, 0.15) is 5.82 Å². The molecule has 104 valence electrons. The number of aryl methyl sites for hydroxylation is 1. The Kier molecular flexibility index (Phi) is 3.64. The summed E-state index contributed by atoms with van der Waals surface area (Å²) < 4.78 is 4.64. The van der Waals surface area contributed by atoms with Gasteiger partial charge in [-0.3, -0.25) is 0 Å². The van der Waals surface area contributed by atoms with Crippen LogP contribution in [0.1, 0.15) is 39.9 Å². The third-order valence-corrected chi connectivity index (χ3v) is 4.39. The van der Waals surface area contributed by atoms with E-state index in [1.807, 2.05) is 0 Å². The molecule has 2 aromatic heterocycles. The van der Waals surface area contributed by atoms with Crippen LogP contribution in [-0.4, -0.2) is 23.0 Å². The number of rotatable bonds is 3. The summed E-state index contributed by atoms with van der Waals surface area (Å²) in [6.45, 7) is 0. The molecule has 0 aliphatic heterocycles. The van der Waals surface area contributed by atoms with E-state index in [0.717, 1.165) is 12.8 Å². The van der Waals surface area contributed by atoms with Gasteiger partial charge >= 0.3 is 5.97 Å². The molecule has 2 aromatic rings. The number of ether oxygens (including phenoxy) is 1. The molecule has 6 heteroatoms. The van der Waals surface area contributed by atoms with Gasteiger partial charge in [-0.15, -0.1) is 11.3 Å². The highest BCUT2D eigenvalue weighted by atomic mass is 32.1. The molecule has 0 bridgehead atoms. The minimum atomic E-state index is -0.520. The van der Waals surface area contributed by atoms with Gasteiger partial charge in [0, 0.05) is 11.1 Å². The lowest BCUT2D eigenvalue weighted by atomic mass is 9.94. The first-order valence-corrected chi connectivity index (χ1v) is 7.40. The van der Waals surface area contributed by atoms with Crippen molar-refractivity contribution in [3.63, 3.8) is 0 Å². The van der Waals surface area contributed by atoms with Gasteiger partial charge in [0.25, 0.3) is 0 Å². The van der Waals surface area contributed by atoms with Crippen LogP contribution < -0.4 is 5.32 Å². The fraction of sp³-hybridized carbons (Fsp3) is 0.357. The number of esters is 1. The van der Waals surface area contributed by atoms with Crippen molar-refractivity contribution < 1.29 is 9.53 Å². The van der Waals surface area contributed by atoms with E-state index in [-0.39, 0.29) is 11.9 Å². The van der Waals surface area contributed by atoms with Crippen LogP contribution in [0.2, 0.25) is 0 Å². The molecule has 3 rings (SSSR count). The highest BCUT2D eigenvalue weighted by molar-refractivity contribution is 7.10. The van der Waals surface area contributed by atoms with Crippen molar-refractivity contribution in [2.24, 2.45) is 0 Å². The average molecular weight is 289 g/mol. The summed E-state index contributed by atoms with van der Waals surface area (Å²) in [5.74, 6) is 0.219. The van der Waals surface area contributed by atoms with Gasteiger partial charge in [-0.05, 0) is 42.3 Å². The summed E-state index contributed by atoms with van der Waals surface area (Å²) in [7, 11) is 1.32. The third-order valence-electron chi connectivity index (χ3n) is 3.40. The second-order valence-corrected chi connectivity index (χ2v) is 5.65. The lowest BCUT2D eigenvalue weighted by Gasteiger charge is -2.24. The van der Waals surface area contributed by atoms with E-state index >= 15 is 0 Å². The highest BCUT2D eigenvalue weighted by Gasteiger charge is 2.21. The van der Waals surface area contributed by atoms with Crippen LogP contribution in [0.15, 0.2) is 23.7 Å². The number of aromatic nitrogens is 2. The largest absolute Gasteiger partial charge is 0.463 e. The Hall–Kier alpha value is -1.95. The zero-order chi connectivity index (χ0) is 13.9. The number of hydrogen-bond donors (Lipinski definition) is 1. The van der Waals surface area contributed by atoms with E-state index in [0.29, 0.717) is 5.82 Å². The fourth-order valence-corrected chi connectivity index (χ4v) is 3.43. The number of methoxy groups -OCH3 is 1. The van der Waals surface area contributed by atoms with Crippen LogP contribution in [-0.2, 0) is 11.2 Å². The monoisotopic (exact) mass is 289 g/mol. The standard InChI is InChI=1S/C14H15N3O2S/c1-19-14(18)13-15-7-5-12(17-13)16-10-3-2-4-11-9(10)6-8-20-11/h5-8,10H,2-4H2,1H3,(H,15,16,17). The maximum absolute atomic E-state index is 11.4. The Morgan fingerprint density at radius 1 is 1.50 bits per heavy atom. The highest BCUT2D eigenvalue weighted by Crippen LogP contribution is 2.35. The number of nitrogens with zero attached hydrogens (tertiary/aromatic N) is 2. The van der Waals surface area contributed by atoms with Crippen molar-refractivity contribution in [3.05, 3.63) is 40.0 Å². The van der Waals surface area contributed by atoms with E-state index in [1.165, 1.54) is 24.0 Å².